The van der Waals surface area contributed by atoms with Gasteiger partial charge in [-0.25, -0.2) is 4.98 Å². The number of carbonyl (C=O) groups excluding carboxylic acids is 3. The molecule has 10 heteroatoms. The number of nitrogens with one attached hydrogen (secondary N) is 4. The largest absolute Gasteiger partial charge is 0.348 e. The van der Waals surface area contributed by atoms with Gasteiger partial charge in [-0.3, -0.25) is 14.4 Å². The number of H-pyrrole nitrogens is 1. The Morgan fingerprint density at radius 2 is 1.60 bits per heavy atom. The lowest BCUT2D eigenvalue weighted by atomic mass is 10.1. The molecular formula is C25H29BrN6O3. The molecule has 0 saturated heterocycles. The molecular weight excluding hydrogens is 512 g/mol. The van der Waals surface area contributed by atoms with Gasteiger partial charge in [0.1, 0.15) is 0 Å². The van der Waals surface area contributed by atoms with E-state index < -0.39 is 6.04 Å². The number of anilines is 3. The summed E-state index contributed by atoms with van der Waals surface area (Å²) in [5.41, 5.74) is 8.49. The van der Waals surface area contributed by atoms with Crippen molar-refractivity contribution in [3.63, 3.8) is 0 Å². The highest BCUT2D eigenvalue weighted by molar-refractivity contribution is 9.10. The third-order valence-electron chi connectivity index (χ3n) is 5.21. The lowest BCUT2D eigenvalue weighted by molar-refractivity contribution is -0.118. The van der Waals surface area contributed by atoms with Crippen LogP contribution in [0.2, 0.25) is 0 Å². The number of aromatic amines is 1. The van der Waals surface area contributed by atoms with Crippen molar-refractivity contribution in [1.82, 2.24) is 9.97 Å². The Balaban J connectivity index is 1.38. The van der Waals surface area contributed by atoms with Gasteiger partial charge in [0.2, 0.25) is 17.7 Å². The van der Waals surface area contributed by atoms with Gasteiger partial charge in [0, 0.05) is 41.3 Å². The van der Waals surface area contributed by atoms with E-state index in [4.69, 9.17) is 5.73 Å². The van der Waals surface area contributed by atoms with Crippen molar-refractivity contribution in [2.24, 2.45) is 5.73 Å². The molecule has 1 atom stereocenters. The lowest BCUT2D eigenvalue weighted by Gasteiger charge is -2.15. The predicted octanol–water partition coefficient (Wildman–Crippen LogP) is 4.21. The Kier molecular flexibility index (Phi) is 10.00. The summed E-state index contributed by atoms with van der Waals surface area (Å²) in [5.74, 6) is -0.572. The van der Waals surface area contributed by atoms with Gasteiger partial charge in [-0.1, -0.05) is 40.5 Å². The zero-order valence-corrected chi connectivity index (χ0v) is 20.8. The van der Waals surface area contributed by atoms with Gasteiger partial charge in [-0.15, -0.1) is 0 Å². The Labute approximate surface area is 212 Å². The SMILES string of the molecule is N[C@@H](Cc1cnc[nH]1)C(=O)Nc1ccccc1NC(=O)CCCCCC(=O)Nc1cccc(Br)c1. The molecule has 6 N–H and O–H groups in total. The van der Waals surface area contributed by atoms with Gasteiger partial charge in [-0.2, -0.15) is 0 Å². The molecule has 0 fully saturated rings. The van der Waals surface area contributed by atoms with Gasteiger partial charge >= 0.3 is 0 Å². The molecule has 2 aromatic carbocycles. The highest BCUT2D eigenvalue weighted by Crippen LogP contribution is 2.22. The number of benzene rings is 2. The highest BCUT2D eigenvalue weighted by Gasteiger charge is 2.17. The van der Waals surface area contributed by atoms with Crippen LogP contribution in [0.5, 0.6) is 0 Å². The van der Waals surface area contributed by atoms with E-state index in [1.807, 2.05) is 24.3 Å². The van der Waals surface area contributed by atoms with Crippen molar-refractivity contribution >= 4 is 50.7 Å². The van der Waals surface area contributed by atoms with Crippen LogP contribution in [0.15, 0.2) is 65.5 Å². The number of aromatic nitrogens is 2. The van der Waals surface area contributed by atoms with Crippen LogP contribution in [0.4, 0.5) is 17.1 Å². The molecule has 0 aliphatic carbocycles. The molecule has 0 aliphatic heterocycles. The smallest absolute Gasteiger partial charge is 0.241 e. The normalized spacial score (nSPS) is 11.5. The van der Waals surface area contributed by atoms with Crippen molar-refractivity contribution < 1.29 is 14.4 Å². The third-order valence-corrected chi connectivity index (χ3v) is 5.70. The quantitative estimate of drug-likeness (QED) is 0.219. The number of amides is 3. The first-order chi connectivity index (χ1) is 16.9. The lowest BCUT2D eigenvalue weighted by Crippen LogP contribution is -2.37. The predicted molar refractivity (Wildman–Crippen MR) is 140 cm³/mol. The van der Waals surface area contributed by atoms with Crippen LogP contribution in [0.3, 0.4) is 0 Å². The summed E-state index contributed by atoms with van der Waals surface area (Å²) in [5, 5.41) is 8.48. The van der Waals surface area contributed by atoms with Crippen molar-refractivity contribution in [2.75, 3.05) is 16.0 Å². The van der Waals surface area contributed by atoms with E-state index in [1.165, 1.54) is 6.33 Å². The second kappa shape index (κ2) is 13.4. The summed E-state index contributed by atoms with van der Waals surface area (Å²) in [6, 6.07) is 13.6. The number of halogens is 1. The van der Waals surface area contributed by atoms with Crippen LogP contribution >= 0.6 is 15.9 Å². The molecule has 184 valence electrons. The Bertz CT molecular complexity index is 1140. The minimum atomic E-state index is -0.764. The zero-order chi connectivity index (χ0) is 25.0. The Morgan fingerprint density at radius 1 is 0.914 bits per heavy atom. The molecule has 0 bridgehead atoms. The summed E-state index contributed by atoms with van der Waals surface area (Å²) in [7, 11) is 0. The van der Waals surface area contributed by atoms with E-state index in [1.54, 1.807) is 30.5 Å². The molecule has 0 saturated carbocycles. The topological polar surface area (TPSA) is 142 Å². The van der Waals surface area contributed by atoms with Crippen LogP contribution in [0, 0.1) is 0 Å². The van der Waals surface area contributed by atoms with E-state index in [-0.39, 0.29) is 17.7 Å². The molecule has 0 radical (unpaired) electrons. The van der Waals surface area contributed by atoms with E-state index >= 15 is 0 Å². The summed E-state index contributed by atoms with van der Waals surface area (Å²) in [6.07, 6.45) is 6.27. The van der Waals surface area contributed by atoms with Crippen LogP contribution in [-0.4, -0.2) is 33.7 Å². The van der Waals surface area contributed by atoms with E-state index in [9.17, 15) is 14.4 Å². The van der Waals surface area contributed by atoms with Gasteiger partial charge < -0.3 is 26.7 Å². The van der Waals surface area contributed by atoms with Crippen LogP contribution in [-0.2, 0) is 20.8 Å². The number of unbranched alkanes of at least 4 members (excludes halogenated alkanes) is 2. The van der Waals surface area contributed by atoms with E-state index in [0.717, 1.165) is 22.3 Å². The fraction of sp³-hybridized carbons (Fsp3) is 0.280. The highest BCUT2D eigenvalue weighted by atomic mass is 79.9. The standard InChI is InChI=1S/C25H29BrN6O3/c26-17-7-6-8-18(13-17)30-23(33)11-2-1-3-12-24(34)31-21-9-4-5-10-22(21)32-25(35)20(27)14-19-15-28-16-29-19/h4-10,13,15-16,20H,1-3,11-12,14,27H2,(H,28,29)(H,30,33)(H,31,34)(H,32,35)/t20-/m0/s1. The summed E-state index contributed by atoms with van der Waals surface area (Å²) >= 11 is 3.38. The van der Waals surface area contributed by atoms with Crippen LogP contribution in [0.1, 0.15) is 37.8 Å². The van der Waals surface area contributed by atoms with Crippen molar-refractivity contribution in [1.29, 1.82) is 0 Å². The summed E-state index contributed by atoms with van der Waals surface area (Å²) < 4.78 is 0.902. The van der Waals surface area contributed by atoms with Gasteiger partial charge in [0.25, 0.3) is 0 Å². The molecule has 0 spiro atoms. The second-order valence-corrected chi connectivity index (χ2v) is 9.01. The number of carbonyl (C=O) groups is 3. The number of hydrogen-bond acceptors (Lipinski definition) is 5. The maximum Gasteiger partial charge on any atom is 0.241 e. The van der Waals surface area contributed by atoms with Gasteiger partial charge in [0.05, 0.1) is 23.7 Å². The number of imidazole rings is 1. The summed E-state index contributed by atoms with van der Waals surface area (Å²) in [6.45, 7) is 0. The number of hydrogen-bond donors (Lipinski definition) is 5. The first kappa shape index (κ1) is 26.1. The fourth-order valence-corrected chi connectivity index (χ4v) is 3.80. The third kappa shape index (κ3) is 8.99. The molecule has 0 aliphatic rings. The minimum absolute atomic E-state index is 0.0528. The molecule has 1 heterocycles. The van der Waals surface area contributed by atoms with Gasteiger partial charge in [0.15, 0.2) is 0 Å². The van der Waals surface area contributed by atoms with Crippen LogP contribution in [0.25, 0.3) is 0 Å². The first-order valence-electron chi connectivity index (χ1n) is 11.4. The fourth-order valence-electron chi connectivity index (χ4n) is 3.40. The average molecular weight is 541 g/mol. The zero-order valence-electron chi connectivity index (χ0n) is 19.2. The molecule has 0 unspecified atom stereocenters. The molecule has 3 amide bonds. The van der Waals surface area contributed by atoms with Crippen molar-refractivity contribution in [3.8, 4) is 0 Å². The molecule has 9 nitrogen and oxygen atoms in total. The van der Waals surface area contributed by atoms with Crippen molar-refractivity contribution in [3.05, 3.63) is 71.2 Å². The first-order valence-corrected chi connectivity index (χ1v) is 12.2. The van der Waals surface area contributed by atoms with E-state index in [0.29, 0.717) is 43.5 Å². The van der Waals surface area contributed by atoms with Gasteiger partial charge in [-0.05, 0) is 43.2 Å². The summed E-state index contributed by atoms with van der Waals surface area (Å²) in [4.78, 5) is 43.8. The molecule has 3 rings (SSSR count). The van der Waals surface area contributed by atoms with Crippen molar-refractivity contribution in [2.45, 2.75) is 44.6 Å². The minimum Gasteiger partial charge on any atom is -0.348 e. The maximum atomic E-state index is 12.5. The molecule has 3 aromatic rings. The monoisotopic (exact) mass is 540 g/mol. The molecule has 35 heavy (non-hydrogen) atoms. The number of para-hydroxylation sites is 2. The number of rotatable bonds is 12. The second-order valence-electron chi connectivity index (χ2n) is 8.09. The molecule has 1 aromatic heterocycles. The Hall–Kier alpha value is -3.50. The maximum absolute atomic E-state index is 12.5. The number of nitrogens with zero attached hydrogens (tertiary/aromatic N) is 1. The van der Waals surface area contributed by atoms with E-state index in [2.05, 4.69) is 41.8 Å². The average Bonchev–Trinajstić information content (AvgIpc) is 3.33. The Morgan fingerprint density at radius 3 is 2.26 bits per heavy atom. The number of nitrogens with two attached hydrogens (primary N) is 1. The van der Waals surface area contributed by atoms with Crippen LogP contribution < -0.4 is 21.7 Å².